The minimum Gasteiger partial charge on any atom is -0.393 e. The number of carbonyl (C=O) groups excluding carboxylic acids is 4. The fourth-order valence-corrected chi connectivity index (χ4v) is 6.92. The molecule has 3 aliphatic heterocycles. The zero-order chi connectivity index (χ0) is 25.5. The fourth-order valence-electron chi connectivity index (χ4n) is 6.71. The van der Waals surface area contributed by atoms with Gasteiger partial charge in [0.05, 0.1) is 18.2 Å². The van der Waals surface area contributed by atoms with Crippen LogP contribution in [0.5, 0.6) is 0 Å². The molecule has 2 saturated carbocycles. The first-order valence-electron chi connectivity index (χ1n) is 12.1. The maximum Gasteiger partial charge on any atom is 0.297 e. The number of fused-ring (bicyclic) bond motifs is 5. The number of alkyl halides is 1. The van der Waals surface area contributed by atoms with Gasteiger partial charge in [-0.3, -0.25) is 24.1 Å². The zero-order valence-corrected chi connectivity index (χ0v) is 20.0. The largest absolute Gasteiger partial charge is 0.393 e. The van der Waals surface area contributed by atoms with Crippen molar-refractivity contribution in [2.75, 3.05) is 19.7 Å². The maximum absolute atomic E-state index is 14.4. The number of likely N-dealkylation sites (tertiary alicyclic amines) is 1. The SMILES string of the molecule is O=C1C(=O)N2C(=C3CCN(Cc4ccc(F)c(Cl)c4)C(=O)C13)C(=O)N(CC(F)CO)[C@]21CC[C@H]2C[C@H]21. The van der Waals surface area contributed by atoms with Crippen molar-refractivity contribution in [3.8, 4) is 0 Å². The second-order valence-corrected chi connectivity index (χ2v) is 10.7. The molecule has 6 rings (SSSR count). The van der Waals surface area contributed by atoms with Crippen LogP contribution in [-0.2, 0) is 25.7 Å². The molecule has 5 aliphatic rings. The van der Waals surface area contributed by atoms with Crippen molar-refractivity contribution in [2.24, 2.45) is 17.8 Å². The zero-order valence-electron chi connectivity index (χ0n) is 19.3. The number of halogens is 3. The van der Waals surface area contributed by atoms with E-state index in [4.69, 9.17) is 11.6 Å². The van der Waals surface area contributed by atoms with Gasteiger partial charge in [-0.15, -0.1) is 0 Å². The Morgan fingerprint density at radius 2 is 1.97 bits per heavy atom. The number of amides is 3. The molecule has 0 bridgehead atoms. The fraction of sp³-hybridized carbons (Fsp3) is 0.520. The van der Waals surface area contributed by atoms with Crippen molar-refractivity contribution < 1.29 is 33.1 Å². The monoisotopic (exact) mass is 519 g/mol. The molecule has 11 heteroatoms. The number of Topliss-reactive ketones (excluding diaryl/α,β-unsaturated/α-hetero) is 1. The third kappa shape index (κ3) is 3.13. The summed E-state index contributed by atoms with van der Waals surface area (Å²) in [5, 5.41) is 9.22. The molecule has 2 saturated heterocycles. The molecule has 1 N–H and O–H groups in total. The number of ketones is 1. The predicted molar refractivity (Wildman–Crippen MR) is 121 cm³/mol. The van der Waals surface area contributed by atoms with E-state index in [-0.39, 0.29) is 42.7 Å². The highest BCUT2D eigenvalue weighted by atomic mass is 35.5. The summed E-state index contributed by atoms with van der Waals surface area (Å²) in [4.78, 5) is 58.0. The van der Waals surface area contributed by atoms with E-state index in [9.17, 15) is 33.1 Å². The average Bonchev–Trinajstić information content (AvgIpc) is 3.50. The van der Waals surface area contributed by atoms with Crippen LogP contribution in [0.15, 0.2) is 29.5 Å². The molecular formula is C25H24ClF2N3O5. The molecule has 2 aliphatic carbocycles. The van der Waals surface area contributed by atoms with Gasteiger partial charge >= 0.3 is 0 Å². The van der Waals surface area contributed by atoms with Crippen molar-refractivity contribution in [2.45, 2.75) is 44.1 Å². The van der Waals surface area contributed by atoms with Crippen molar-refractivity contribution >= 4 is 35.1 Å². The van der Waals surface area contributed by atoms with Gasteiger partial charge in [0, 0.05) is 19.0 Å². The number of benzene rings is 1. The number of hydrogen-bond donors (Lipinski definition) is 1. The summed E-state index contributed by atoms with van der Waals surface area (Å²) >= 11 is 5.86. The summed E-state index contributed by atoms with van der Waals surface area (Å²) in [6, 6.07) is 4.08. The normalized spacial score (nSPS) is 31.9. The van der Waals surface area contributed by atoms with Crippen LogP contribution in [0.25, 0.3) is 0 Å². The van der Waals surface area contributed by atoms with Gasteiger partial charge < -0.3 is 14.9 Å². The van der Waals surface area contributed by atoms with Gasteiger partial charge in [0.15, 0.2) is 0 Å². The molecule has 1 spiro atoms. The Labute approximate surface area is 210 Å². The van der Waals surface area contributed by atoms with Gasteiger partial charge in [0.1, 0.15) is 29.3 Å². The van der Waals surface area contributed by atoms with Crippen LogP contribution in [0.2, 0.25) is 5.02 Å². The molecule has 0 radical (unpaired) electrons. The highest BCUT2D eigenvalue weighted by molar-refractivity contribution is 6.44. The first kappa shape index (κ1) is 23.5. The van der Waals surface area contributed by atoms with Gasteiger partial charge in [0.25, 0.3) is 11.8 Å². The molecule has 3 heterocycles. The molecule has 2 unspecified atom stereocenters. The molecule has 0 aromatic heterocycles. The van der Waals surface area contributed by atoms with E-state index in [2.05, 4.69) is 0 Å². The summed E-state index contributed by atoms with van der Waals surface area (Å²) in [6.07, 6.45) is 0.457. The maximum atomic E-state index is 14.4. The molecule has 1 aromatic rings. The lowest BCUT2D eigenvalue weighted by molar-refractivity contribution is -0.158. The Bertz CT molecular complexity index is 1250. The number of nitrogens with zero attached hydrogens (tertiary/aromatic N) is 3. The molecular weight excluding hydrogens is 496 g/mol. The highest BCUT2D eigenvalue weighted by Crippen LogP contribution is 2.64. The van der Waals surface area contributed by atoms with Gasteiger partial charge in [-0.25, -0.2) is 8.78 Å². The predicted octanol–water partition coefficient (Wildman–Crippen LogP) is 1.79. The van der Waals surface area contributed by atoms with E-state index in [0.717, 1.165) is 12.8 Å². The van der Waals surface area contributed by atoms with E-state index < -0.39 is 53.7 Å². The van der Waals surface area contributed by atoms with E-state index in [0.29, 0.717) is 23.5 Å². The number of aliphatic hydroxyl groups excluding tert-OH is 1. The van der Waals surface area contributed by atoms with Crippen LogP contribution < -0.4 is 0 Å². The van der Waals surface area contributed by atoms with Crippen molar-refractivity contribution in [1.29, 1.82) is 0 Å². The van der Waals surface area contributed by atoms with Crippen molar-refractivity contribution in [3.63, 3.8) is 0 Å². The second kappa shape index (κ2) is 8.08. The van der Waals surface area contributed by atoms with E-state index in [1.807, 2.05) is 0 Å². The smallest absolute Gasteiger partial charge is 0.297 e. The Morgan fingerprint density at radius 3 is 2.61 bits per heavy atom. The van der Waals surface area contributed by atoms with E-state index in [1.54, 1.807) is 0 Å². The first-order valence-corrected chi connectivity index (χ1v) is 12.5. The lowest BCUT2D eigenvalue weighted by Crippen LogP contribution is -2.61. The number of hydrogen-bond acceptors (Lipinski definition) is 5. The van der Waals surface area contributed by atoms with Crippen molar-refractivity contribution in [3.05, 3.63) is 45.9 Å². The molecule has 8 nitrogen and oxygen atoms in total. The summed E-state index contributed by atoms with van der Waals surface area (Å²) in [6.45, 7) is -0.899. The third-order valence-corrected chi connectivity index (χ3v) is 8.69. The van der Waals surface area contributed by atoms with Crippen LogP contribution in [0.1, 0.15) is 31.2 Å². The first-order chi connectivity index (χ1) is 17.2. The lowest BCUT2D eigenvalue weighted by Gasteiger charge is -2.44. The Hall–Kier alpha value is -2.85. The van der Waals surface area contributed by atoms with Crippen LogP contribution in [0.3, 0.4) is 0 Å². The molecule has 36 heavy (non-hydrogen) atoms. The molecule has 5 atom stereocenters. The van der Waals surface area contributed by atoms with Crippen LogP contribution in [0.4, 0.5) is 8.78 Å². The minimum absolute atomic E-state index is 0.0279. The Balaban J connectivity index is 1.38. The highest BCUT2D eigenvalue weighted by Gasteiger charge is 2.72. The number of piperidine rings is 1. The quantitative estimate of drug-likeness (QED) is 0.472. The van der Waals surface area contributed by atoms with E-state index in [1.165, 1.54) is 32.9 Å². The van der Waals surface area contributed by atoms with Gasteiger partial charge in [-0.05, 0) is 54.9 Å². The van der Waals surface area contributed by atoms with E-state index >= 15 is 0 Å². The van der Waals surface area contributed by atoms with Gasteiger partial charge in [-0.1, -0.05) is 17.7 Å². The van der Waals surface area contributed by atoms with Gasteiger partial charge in [-0.2, -0.15) is 0 Å². The topological polar surface area (TPSA) is 98.2 Å². The molecule has 4 fully saturated rings. The standard InChI is InChI=1S/C25H24ClF2N3O5/c26-17-7-12(1-2-18(17)28)9-29-6-4-15-19(22(29)34)21(33)24(36)31-20(15)23(35)30(10-14(27)11-32)25(31)5-3-13-8-16(13)25/h1-2,7,13-14,16,19,32H,3-6,8-11H2/t13-,14?,16+,19?,25+/m0/s1. The number of rotatable bonds is 5. The Morgan fingerprint density at radius 1 is 1.19 bits per heavy atom. The summed E-state index contributed by atoms with van der Waals surface area (Å²) in [7, 11) is 0. The second-order valence-electron chi connectivity index (χ2n) is 10.3. The van der Waals surface area contributed by atoms with Crippen LogP contribution in [-0.4, -0.2) is 74.8 Å². The third-order valence-electron chi connectivity index (χ3n) is 8.40. The summed E-state index contributed by atoms with van der Waals surface area (Å²) in [5.74, 6) is -4.74. The molecule has 3 amide bonds. The van der Waals surface area contributed by atoms with Crippen LogP contribution in [0, 0.1) is 23.6 Å². The number of carbonyl (C=O) groups is 4. The molecule has 1 aromatic carbocycles. The Kier molecular flexibility index (Phi) is 5.28. The number of aliphatic hydroxyl groups is 1. The van der Waals surface area contributed by atoms with Crippen LogP contribution >= 0.6 is 11.6 Å². The average molecular weight is 520 g/mol. The van der Waals surface area contributed by atoms with Crippen molar-refractivity contribution in [1.82, 2.24) is 14.7 Å². The summed E-state index contributed by atoms with van der Waals surface area (Å²) < 4.78 is 27.9. The summed E-state index contributed by atoms with van der Waals surface area (Å²) in [5.41, 5.74) is -0.229. The van der Waals surface area contributed by atoms with Gasteiger partial charge in [0.2, 0.25) is 11.7 Å². The molecule has 190 valence electrons. The minimum atomic E-state index is -1.69. The lowest BCUT2D eigenvalue weighted by atomic mass is 9.81.